The minimum Gasteiger partial charge on any atom is -0.377 e. The summed E-state index contributed by atoms with van der Waals surface area (Å²) in [5.41, 5.74) is 4.31. The molecule has 0 spiro atoms. The van der Waals surface area contributed by atoms with Crippen molar-refractivity contribution in [3.8, 4) is 0 Å². The number of ether oxygens (including phenoxy) is 1. The van der Waals surface area contributed by atoms with Crippen molar-refractivity contribution in [1.29, 1.82) is 0 Å². The summed E-state index contributed by atoms with van der Waals surface area (Å²) in [6.45, 7) is 4.06. The zero-order valence-electron chi connectivity index (χ0n) is 11.8. The Bertz CT molecular complexity index is 427. The highest BCUT2D eigenvalue weighted by Crippen LogP contribution is 2.26. The van der Waals surface area contributed by atoms with Crippen LogP contribution in [0.3, 0.4) is 0 Å². The minimum absolute atomic E-state index is 0.434. The van der Waals surface area contributed by atoms with Crippen molar-refractivity contribution in [3.05, 3.63) is 29.3 Å². The topological polar surface area (TPSA) is 24.5 Å². The highest BCUT2D eigenvalue weighted by atomic mass is 16.5. The molecule has 1 saturated heterocycles. The maximum absolute atomic E-state index is 5.63. The van der Waals surface area contributed by atoms with E-state index >= 15 is 0 Å². The largest absolute Gasteiger partial charge is 0.377 e. The highest BCUT2D eigenvalue weighted by Gasteiger charge is 2.15. The van der Waals surface area contributed by atoms with Crippen LogP contribution in [-0.2, 0) is 17.7 Å². The molecular weight excluding hydrogens is 236 g/mol. The van der Waals surface area contributed by atoms with Gasteiger partial charge in [-0.1, -0.05) is 12.1 Å². The Hall–Kier alpha value is -1.06. The normalized spacial score (nSPS) is 22.6. The van der Waals surface area contributed by atoms with Gasteiger partial charge in [-0.05, 0) is 42.9 Å². The van der Waals surface area contributed by atoms with Crippen molar-refractivity contribution in [1.82, 2.24) is 5.32 Å². The molecule has 3 rings (SSSR count). The molecule has 1 unspecified atom stereocenters. The van der Waals surface area contributed by atoms with Crippen LogP contribution in [0.2, 0.25) is 0 Å². The summed E-state index contributed by atoms with van der Waals surface area (Å²) in [5.74, 6) is 0. The Morgan fingerprint density at radius 1 is 1.37 bits per heavy atom. The van der Waals surface area contributed by atoms with E-state index in [1.165, 1.54) is 49.0 Å². The van der Waals surface area contributed by atoms with E-state index in [-0.39, 0.29) is 0 Å². The first-order valence-corrected chi connectivity index (χ1v) is 7.48. The Balaban J connectivity index is 1.56. The number of nitrogens with zero attached hydrogens (tertiary/aromatic N) is 1. The number of hydrogen-bond acceptors (Lipinski definition) is 3. The molecule has 1 aromatic carbocycles. The fourth-order valence-electron chi connectivity index (χ4n) is 3.13. The van der Waals surface area contributed by atoms with Crippen molar-refractivity contribution in [3.63, 3.8) is 0 Å². The summed E-state index contributed by atoms with van der Waals surface area (Å²) in [7, 11) is 2.19. The maximum atomic E-state index is 5.63. The van der Waals surface area contributed by atoms with Gasteiger partial charge in [0.25, 0.3) is 0 Å². The smallest absolute Gasteiger partial charge is 0.0700 e. The highest BCUT2D eigenvalue weighted by molar-refractivity contribution is 5.56. The standard InChI is InChI=1S/C16H24N2O/c1-18-8-2-4-14-10-13(6-7-16(14)18)11-17-12-15-5-3-9-19-15/h6-7,10,15,17H,2-5,8-9,11-12H2,1H3. The molecule has 3 heteroatoms. The van der Waals surface area contributed by atoms with Crippen LogP contribution in [0.4, 0.5) is 5.69 Å². The molecule has 1 atom stereocenters. The monoisotopic (exact) mass is 260 g/mol. The molecule has 0 radical (unpaired) electrons. The lowest BCUT2D eigenvalue weighted by Crippen LogP contribution is -2.27. The van der Waals surface area contributed by atoms with Crippen molar-refractivity contribution >= 4 is 5.69 Å². The lowest BCUT2D eigenvalue weighted by Gasteiger charge is -2.27. The minimum atomic E-state index is 0.434. The van der Waals surface area contributed by atoms with Gasteiger partial charge in [0.1, 0.15) is 0 Å². The van der Waals surface area contributed by atoms with Gasteiger partial charge in [-0.25, -0.2) is 0 Å². The van der Waals surface area contributed by atoms with Gasteiger partial charge in [-0.3, -0.25) is 0 Å². The average molecular weight is 260 g/mol. The molecule has 2 aliphatic rings. The van der Waals surface area contributed by atoms with E-state index in [4.69, 9.17) is 4.74 Å². The summed E-state index contributed by atoms with van der Waals surface area (Å²) in [6, 6.07) is 6.90. The number of rotatable bonds is 4. The quantitative estimate of drug-likeness (QED) is 0.899. The summed E-state index contributed by atoms with van der Waals surface area (Å²) in [4.78, 5) is 2.36. The van der Waals surface area contributed by atoms with Crippen LogP contribution in [-0.4, -0.2) is 32.8 Å². The lowest BCUT2D eigenvalue weighted by atomic mass is 9.99. The van der Waals surface area contributed by atoms with Crippen LogP contribution in [0.25, 0.3) is 0 Å². The van der Waals surface area contributed by atoms with Gasteiger partial charge < -0.3 is 15.0 Å². The fraction of sp³-hybridized carbons (Fsp3) is 0.625. The second-order valence-electron chi connectivity index (χ2n) is 5.75. The number of anilines is 1. The van der Waals surface area contributed by atoms with E-state index in [0.717, 1.165) is 19.7 Å². The Kier molecular flexibility index (Phi) is 4.04. The van der Waals surface area contributed by atoms with Crippen molar-refractivity contribution in [2.45, 2.75) is 38.3 Å². The molecule has 0 aliphatic carbocycles. The van der Waals surface area contributed by atoms with Gasteiger partial charge in [0, 0.05) is 39.0 Å². The van der Waals surface area contributed by atoms with Crippen LogP contribution in [0.1, 0.15) is 30.4 Å². The molecule has 0 aromatic heterocycles. The Morgan fingerprint density at radius 2 is 2.32 bits per heavy atom. The van der Waals surface area contributed by atoms with Gasteiger partial charge in [0.05, 0.1) is 6.10 Å². The zero-order chi connectivity index (χ0) is 13.1. The van der Waals surface area contributed by atoms with E-state index in [9.17, 15) is 0 Å². The van der Waals surface area contributed by atoms with E-state index in [0.29, 0.717) is 6.10 Å². The van der Waals surface area contributed by atoms with Crippen molar-refractivity contribution < 1.29 is 4.74 Å². The molecular formula is C16H24N2O. The molecule has 0 saturated carbocycles. The van der Waals surface area contributed by atoms with Gasteiger partial charge in [0.2, 0.25) is 0 Å². The van der Waals surface area contributed by atoms with Crippen LogP contribution >= 0.6 is 0 Å². The predicted molar refractivity (Wildman–Crippen MR) is 78.7 cm³/mol. The second kappa shape index (κ2) is 5.93. The third-order valence-corrected chi connectivity index (χ3v) is 4.22. The first-order valence-electron chi connectivity index (χ1n) is 7.48. The number of hydrogen-bond donors (Lipinski definition) is 1. The molecule has 0 bridgehead atoms. The van der Waals surface area contributed by atoms with Gasteiger partial charge in [0.15, 0.2) is 0 Å². The van der Waals surface area contributed by atoms with Crippen molar-refractivity contribution in [2.24, 2.45) is 0 Å². The lowest BCUT2D eigenvalue weighted by molar-refractivity contribution is 0.110. The van der Waals surface area contributed by atoms with Gasteiger partial charge >= 0.3 is 0 Å². The molecule has 1 aromatic rings. The van der Waals surface area contributed by atoms with Crippen LogP contribution in [0, 0.1) is 0 Å². The molecule has 1 fully saturated rings. The van der Waals surface area contributed by atoms with Gasteiger partial charge in [-0.2, -0.15) is 0 Å². The molecule has 2 heterocycles. The summed E-state index contributed by atoms with van der Waals surface area (Å²) in [5, 5.41) is 3.52. The number of fused-ring (bicyclic) bond motifs is 1. The average Bonchev–Trinajstić information content (AvgIpc) is 2.92. The second-order valence-corrected chi connectivity index (χ2v) is 5.75. The predicted octanol–water partition coefficient (Wildman–Crippen LogP) is 2.34. The van der Waals surface area contributed by atoms with E-state index in [1.54, 1.807) is 0 Å². The number of nitrogens with one attached hydrogen (secondary N) is 1. The van der Waals surface area contributed by atoms with E-state index < -0.39 is 0 Å². The third-order valence-electron chi connectivity index (χ3n) is 4.22. The summed E-state index contributed by atoms with van der Waals surface area (Å²) < 4.78 is 5.63. The van der Waals surface area contributed by atoms with Crippen molar-refractivity contribution in [2.75, 3.05) is 31.6 Å². The summed E-state index contributed by atoms with van der Waals surface area (Å²) >= 11 is 0. The number of benzene rings is 1. The SMILES string of the molecule is CN1CCCc2cc(CNCC3CCCO3)ccc21. The fourth-order valence-corrected chi connectivity index (χ4v) is 3.13. The summed E-state index contributed by atoms with van der Waals surface area (Å²) in [6.07, 6.45) is 5.36. The molecule has 3 nitrogen and oxygen atoms in total. The molecule has 19 heavy (non-hydrogen) atoms. The van der Waals surface area contributed by atoms with E-state index in [1.807, 2.05) is 0 Å². The molecule has 2 aliphatic heterocycles. The number of aryl methyl sites for hydroxylation is 1. The van der Waals surface area contributed by atoms with E-state index in [2.05, 4.69) is 35.5 Å². The first-order chi connectivity index (χ1) is 9.33. The Morgan fingerprint density at radius 3 is 3.16 bits per heavy atom. The first kappa shape index (κ1) is 12.9. The van der Waals surface area contributed by atoms with Gasteiger partial charge in [-0.15, -0.1) is 0 Å². The van der Waals surface area contributed by atoms with Crippen LogP contribution < -0.4 is 10.2 Å². The zero-order valence-corrected chi connectivity index (χ0v) is 11.8. The maximum Gasteiger partial charge on any atom is 0.0700 e. The van der Waals surface area contributed by atoms with Crippen LogP contribution in [0.5, 0.6) is 0 Å². The third kappa shape index (κ3) is 3.10. The molecule has 104 valence electrons. The molecule has 1 N–H and O–H groups in total. The van der Waals surface area contributed by atoms with Crippen LogP contribution in [0.15, 0.2) is 18.2 Å². The Labute approximate surface area is 115 Å². The molecule has 0 amide bonds.